The van der Waals surface area contributed by atoms with Crippen LogP contribution in [0.2, 0.25) is 0 Å². The number of amides is 1. The van der Waals surface area contributed by atoms with Gasteiger partial charge >= 0.3 is 0 Å². The highest BCUT2D eigenvalue weighted by molar-refractivity contribution is 7.18. The third-order valence-electron chi connectivity index (χ3n) is 2.98. The normalized spacial score (nSPS) is 21.4. The highest BCUT2D eigenvalue weighted by Crippen LogP contribution is 2.37. The van der Waals surface area contributed by atoms with Gasteiger partial charge in [0.15, 0.2) is 0 Å². The first kappa shape index (κ1) is 14.1. The Labute approximate surface area is 117 Å². The van der Waals surface area contributed by atoms with Crippen LogP contribution >= 0.6 is 11.3 Å². The van der Waals surface area contributed by atoms with E-state index in [1.54, 1.807) is 0 Å². The van der Waals surface area contributed by atoms with Crippen LogP contribution < -0.4 is 16.4 Å². The third kappa shape index (κ3) is 3.01. The molecular weight excluding hydrogens is 262 g/mol. The molecule has 0 bridgehead atoms. The molecule has 1 aliphatic heterocycles. The van der Waals surface area contributed by atoms with Crippen LogP contribution in [0.4, 0.5) is 10.7 Å². The maximum atomic E-state index is 11.3. The van der Waals surface area contributed by atoms with Gasteiger partial charge in [-0.25, -0.2) is 0 Å². The fourth-order valence-corrected chi connectivity index (χ4v) is 3.61. The van der Waals surface area contributed by atoms with Crippen LogP contribution in [-0.2, 0) is 4.74 Å². The zero-order valence-electron chi connectivity index (χ0n) is 11.8. The van der Waals surface area contributed by atoms with Gasteiger partial charge in [0.2, 0.25) is 0 Å². The summed E-state index contributed by atoms with van der Waals surface area (Å²) in [6.45, 7) is 9.77. The maximum Gasteiger partial charge on any atom is 0.260 e. The van der Waals surface area contributed by atoms with Gasteiger partial charge in [0, 0.05) is 13.1 Å². The molecule has 5 nitrogen and oxygen atoms in total. The highest BCUT2D eigenvalue weighted by atomic mass is 32.1. The van der Waals surface area contributed by atoms with Crippen molar-refractivity contribution in [2.24, 2.45) is 5.73 Å². The number of hydrogen-bond acceptors (Lipinski definition) is 5. The van der Waals surface area contributed by atoms with Crippen molar-refractivity contribution in [2.75, 3.05) is 23.7 Å². The summed E-state index contributed by atoms with van der Waals surface area (Å²) in [7, 11) is 0. The second kappa shape index (κ2) is 4.38. The Kier molecular flexibility index (Phi) is 3.26. The number of nitrogens with two attached hydrogens (primary N) is 2. The molecule has 1 fully saturated rings. The van der Waals surface area contributed by atoms with E-state index >= 15 is 0 Å². The zero-order chi connectivity index (χ0) is 14.4. The lowest BCUT2D eigenvalue weighted by Crippen LogP contribution is -2.57. The number of primary amides is 1. The summed E-state index contributed by atoms with van der Waals surface area (Å²) in [5.74, 6) is -0.472. The minimum Gasteiger partial charge on any atom is -0.397 e. The molecule has 6 heteroatoms. The summed E-state index contributed by atoms with van der Waals surface area (Å²) in [6, 6.07) is 1.82. The monoisotopic (exact) mass is 283 g/mol. The van der Waals surface area contributed by atoms with Gasteiger partial charge in [0.1, 0.15) is 4.88 Å². The predicted molar refractivity (Wildman–Crippen MR) is 78.7 cm³/mol. The van der Waals surface area contributed by atoms with Crippen LogP contribution in [0, 0.1) is 0 Å². The number of nitrogens with zero attached hydrogens (tertiary/aromatic N) is 1. The summed E-state index contributed by atoms with van der Waals surface area (Å²) < 4.78 is 6.04. The number of morpholine rings is 1. The van der Waals surface area contributed by atoms with Crippen molar-refractivity contribution in [3.8, 4) is 0 Å². The van der Waals surface area contributed by atoms with Crippen LogP contribution in [0.5, 0.6) is 0 Å². The molecule has 2 rings (SSSR count). The molecule has 1 aromatic heterocycles. The Balaban J connectivity index is 2.31. The van der Waals surface area contributed by atoms with Crippen molar-refractivity contribution < 1.29 is 9.53 Å². The van der Waals surface area contributed by atoms with Gasteiger partial charge in [-0.2, -0.15) is 0 Å². The number of carbonyl (C=O) groups is 1. The number of nitrogen functional groups attached to an aromatic ring is 1. The van der Waals surface area contributed by atoms with E-state index in [0.717, 1.165) is 18.1 Å². The van der Waals surface area contributed by atoms with Crippen LogP contribution in [0.15, 0.2) is 6.07 Å². The molecule has 0 aromatic carbocycles. The van der Waals surface area contributed by atoms with E-state index in [2.05, 4.69) is 32.6 Å². The second-order valence-electron chi connectivity index (χ2n) is 6.21. The van der Waals surface area contributed by atoms with Gasteiger partial charge in [-0.1, -0.05) is 0 Å². The van der Waals surface area contributed by atoms with Gasteiger partial charge in [0.25, 0.3) is 5.91 Å². The summed E-state index contributed by atoms with van der Waals surface area (Å²) in [4.78, 5) is 13.9. The molecule has 0 unspecified atom stereocenters. The number of carbonyl (C=O) groups excluding carboxylic acids is 1. The standard InChI is InChI=1S/C13H21N3O2S/c1-12(2)6-16(7-13(3,4)18-12)9-5-8(14)10(19-9)11(15)17/h5H,6-7,14H2,1-4H3,(H2,15,17). The largest absolute Gasteiger partial charge is 0.397 e. The average Bonchev–Trinajstić information content (AvgIpc) is 2.55. The zero-order valence-corrected chi connectivity index (χ0v) is 12.6. The lowest BCUT2D eigenvalue weighted by atomic mass is 9.99. The van der Waals surface area contributed by atoms with Crippen molar-refractivity contribution in [3.63, 3.8) is 0 Å². The Morgan fingerprint density at radius 3 is 2.26 bits per heavy atom. The van der Waals surface area contributed by atoms with E-state index < -0.39 is 5.91 Å². The first-order chi connectivity index (χ1) is 8.60. The minimum atomic E-state index is -0.472. The van der Waals surface area contributed by atoms with Crippen LogP contribution in [0.25, 0.3) is 0 Å². The molecule has 0 aliphatic carbocycles. The predicted octanol–water partition coefficient (Wildman–Crippen LogP) is 1.82. The first-order valence-electron chi connectivity index (χ1n) is 6.24. The Morgan fingerprint density at radius 1 is 1.32 bits per heavy atom. The Morgan fingerprint density at radius 2 is 1.84 bits per heavy atom. The molecule has 1 saturated heterocycles. The third-order valence-corrected chi connectivity index (χ3v) is 4.21. The molecule has 0 saturated carbocycles. The lowest BCUT2D eigenvalue weighted by Gasteiger charge is -2.47. The highest BCUT2D eigenvalue weighted by Gasteiger charge is 2.38. The van der Waals surface area contributed by atoms with E-state index in [0.29, 0.717) is 10.6 Å². The number of rotatable bonds is 2. The Hall–Kier alpha value is -1.27. The fourth-order valence-electron chi connectivity index (χ4n) is 2.68. The van der Waals surface area contributed by atoms with Crippen molar-refractivity contribution in [2.45, 2.75) is 38.9 Å². The molecule has 106 valence electrons. The molecule has 0 spiro atoms. The molecule has 19 heavy (non-hydrogen) atoms. The summed E-state index contributed by atoms with van der Waals surface area (Å²) in [5.41, 5.74) is 11.1. The first-order valence-corrected chi connectivity index (χ1v) is 7.05. The van der Waals surface area contributed by atoms with Gasteiger partial charge in [-0.05, 0) is 33.8 Å². The summed E-state index contributed by atoms with van der Waals surface area (Å²) in [6.07, 6.45) is 0. The van der Waals surface area contributed by atoms with E-state index in [1.165, 1.54) is 11.3 Å². The summed E-state index contributed by atoms with van der Waals surface area (Å²) >= 11 is 1.35. The maximum absolute atomic E-state index is 11.3. The van der Waals surface area contributed by atoms with Crippen molar-refractivity contribution in [3.05, 3.63) is 10.9 Å². The molecule has 0 atom stereocenters. The van der Waals surface area contributed by atoms with Gasteiger partial charge in [0.05, 0.1) is 21.9 Å². The molecule has 2 heterocycles. The molecule has 1 aliphatic rings. The molecule has 1 amide bonds. The number of hydrogen-bond donors (Lipinski definition) is 2. The van der Waals surface area contributed by atoms with Crippen molar-refractivity contribution in [1.82, 2.24) is 0 Å². The summed E-state index contributed by atoms with van der Waals surface area (Å²) in [5, 5.41) is 0.968. The number of ether oxygens (including phenoxy) is 1. The van der Waals surface area contributed by atoms with E-state index in [4.69, 9.17) is 16.2 Å². The van der Waals surface area contributed by atoms with Gasteiger partial charge in [-0.15, -0.1) is 11.3 Å². The van der Waals surface area contributed by atoms with E-state index in [-0.39, 0.29) is 11.2 Å². The number of thiophene rings is 1. The van der Waals surface area contributed by atoms with Gasteiger partial charge in [-0.3, -0.25) is 4.79 Å². The van der Waals surface area contributed by atoms with E-state index in [9.17, 15) is 4.79 Å². The van der Waals surface area contributed by atoms with Crippen molar-refractivity contribution >= 4 is 27.9 Å². The second-order valence-corrected chi connectivity index (χ2v) is 7.24. The minimum absolute atomic E-state index is 0.243. The van der Waals surface area contributed by atoms with Crippen LogP contribution in [0.3, 0.4) is 0 Å². The molecule has 0 radical (unpaired) electrons. The Bertz CT molecular complexity index is 492. The van der Waals surface area contributed by atoms with Gasteiger partial charge < -0.3 is 21.1 Å². The number of anilines is 2. The van der Waals surface area contributed by atoms with Crippen LogP contribution in [0.1, 0.15) is 37.4 Å². The topological polar surface area (TPSA) is 81.6 Å². The van der Waals surface area contributed by atoms with Crippen LogP contribution in [-0.4, -0.2) is 30.2 Å². The molecular formula is C13H21N3O2S. The molecule has 4 N–H and O–H groups in total. The molecule has 1 aromatic rings. The van der Waals surface area contributed by atoms with E-state index in [1.807, 2.05) is 6.07 Å². The fraction of sp³-hybridized carbons (Fsp3) is 0.615. The lowest BCUT2D eigenvalue weighted by molar-refractivity contribution is -0.132. The smallest absolute Gasteiger partial charge is 0.260 e. The quantitative estimate of drug-likeness (QED) is 0.867. The SMILES string of the molecule is CC1(C)CN(c2cc(N)c(C(N)=O)s2)CC(C)(C)O1. The van der Waals surface area contributed by atoms with Crippen molar-refractivity contribution in [1.29, 1.82) is 0 Å². The average molecular weight is 283 g/mol.